The molecule has 0 bridgehead atoms. The van der Waals surface area contributed by atoms with Gasteiger partial charge < -0.3 is 10.2 Å². The highest BCUT2D eigenvalue weighted by Crippen LogP contribution is 2.67. The Labute approximate surface area is 192 Å². The van der Waals surface area contributed by atoms with Gasteiger partial charge in [-0.25, -0.2) is 4.98 Å². The molecule has 32 heavy (non-hydrogen) atoms. The van der Waals surface area contributed by atoms with Crippen LogP contribution in [0.3, 0.4) is 0 Å². The van der Waals surface area contributed by atoms with Gasteiger partial charge in [-0.3, -0.25) is 0 Å². The summed E-state index contributed by atoms with van der Waals surface area (Å²) in [6.07, 6.45) is 14.2. The third-order valence-corrected chi connectivity index (χ3v) is 10.5. The van der Waals surface area contributed by atoms with Crippen LogP contribution >= 0.6 is 0 Å². The first-order chi connectivity index (χ1) is 15.1. The van der Waals surface area contributed by atoms with E-state index >= 15 is 0 Å². The van der Waals surface area contributed by atoms with Crippen LogP contribution in [0.1, 0.15) is 84.1 Å². The zero-order chi connectivity index (χ0) is 22.7. The number of aromatic nitrogens is 1. The van der Waals surface area contributed by atoms with Crippen molar-refractivity contribution in [1.82, 2.24) is 4.98 Å². The van der Waals surface area contributed by atoms with Crippen LogP contribution in [0.25, 0.3) is 0 Å². The molecule has 8 atom stereocenters. The van der Waals surface area contributed by atoms with Crippen LogP contribution in [-0.4, -0.2) is 26.9 Å². The fraction of sp³-hybridized carbons (Fsp3) is 0.750. The Hall–Kier alpha value is -1.26. The van der Waals surface area contributed by atoms with Gasteiger partial charge >= 0.3 is 0 Å². The maximum absolute atomic E-state index is 13.2. The second kappa shape index (κ2) is 7.91. The van der Waals surface area contributed by atoms with Gasteiger partial charge in [0.15, 0.2) is 0 Å². The van der Waals surface area contributed by atoms with Crippen molar-refractivity contribution in [2.45, 2.75) is 96.7 Å². The largest absolute Gasteiger partial charge is 0.393 e. The van der Waals surface area contributed by atoms with Crippen LogP contribution in [-0.2, 0) is 6.42 Å². The summed E-state index contributed by atoms with van der Waals surface area (Å²) in [5.41, 5.74) is 2.24. The molecular formula is C28H40FNO2. The molecule has 0 aliphatic heterocycles. The van der Waals surface area contributed by atoms with Gasteiger partial charge in [-0.05, 0) is 117 Å². The first-order valence-corrected chi connectivity index (χ1v) is 12.8. The Balaban J connectivity index is 1.34. The lowest BCUT2D eigenvalue weighted by molar-refractivity contribution is -0.104. The average molecular weight is 442 g/mol. The molecule has 0 radical (unpaired) electrons. The lowest BCUT2D eigenvalue weighted by Crippen LogP contribution is -2.53. The maximum atomic E-state index is 13.2. The predicted molar refractivity (Wildman–Crippen MR) is 124 cm³/mol. The third kappa shape index (κ3) is 3.57. The van der Waals surface area contributed by atoms with Crippen LogP contribution in [0.15, 0.2) is 30.0 Å². The summed E-state index contributed by atoms with van der Waals surface area (Å²) >= 11 is 0. The minimum Gasteiger partial charge on any atom is -0.393 e. The van der Waals surface area contributed by atoms with Gasteiger partial charge in [0.2, 0.25) is 5.95 Å². The van der Waals surface area contributed by atoms with E-state index in [4.69, 9.17) is 0 Å². The van der Waals surface area contributed by atoms with Crippen LogP contribution in [0.5, 0.6) is 0 Å². The Morgan fingerprint density at radius 1 is 1.12 bits per heavy atom. The molecule has 3 nitrogen and oxygen atoms in total. The molecule has 1 aromatic rings. The second-order valence-electron chi connectivity index (χ2n) is 12.2. The van der Waals surface area contributed by atoms with Gasteiger partial charge in [0.25, 0.3) is 0 Å². The highest BCUT2D eigenvalue weighted by molar-refractivity contribution is 5.25. The fourth-order valence-electron chi connectivity index (χ4n) is 8.79. The summed E-state index contributed by atoms with van der Waals surface area (Å²) < 4.78 is 13.2. The first kappa shape index (κ1) is 22.5. The van der Waals surface area contributed by atoms with Crippen molar-refractivity contribution in [2.75, 3.05) is 0 Å². The molecule has 1 heterocycles. The van der Waals surface area contributed by atoms with E-state index in [-0.39, 0.29) is 16.9 Å². The molecule has 176 valence electrons. The number of aryl methyl sites for hydroxylation is 1. The number of allylic oxidation sites excluding steroid dienone is 1. The summed E-state index contributed by atoms with van der Waals surface area (Å²) in [6.45, 7) is 6.98. The standard InChI is InChI=1S/C28H40FNO2/c1-26-13-11-20(31)16-19(26)5-6-21-22-7-8-24(27(22,2)14-12-23(21)26)28(3,32)15-10-18-4-9-25(29)30-17-18/h4-5,9,17,20-24,31-32H,6-8,10-16H2,1-3H3/t20-,21-,22-,23-,24-,26-,27-,28+/m0/s1. The molecule has 5 rings (SSSR count). The molecule has 0 saturated heterocycles. The number of hydrogen-bond donors (Lipinski definition) is 2. The molecule has 4 heteroatoms. The minimum atomic E-state index is -0.723. The Morgan fingerprint density at radius 3 is 2.69 bits per heavy atom. The van der Waals surface area contributed by atoms with Crippen LogP contribution in [0, 0.1) is 40.4 Å². The predicted octanol–water partition coefficient (Wildman–Crippen LogP) is 5.84. The summed E-state index contributed by atoms with van der Waals surface area (Å²) in [4.78, 5) is 3.78. The van der Waals surface area contributed by atoms with Crippen molar-refractivity contribution in [3.05, 3.63) is 41.5 Å². The molecule has 4 aliphatic rings. The SMILES string of the molecule is C[C@]12CC[C@H]3[C@@H](CC=C4C[C@@H](O)CC[C@@]43C)[C@@H]1CC[C@@H]2[C@](C)(O)CCc1ccc(F)nc1. The van der Waals surface area contributed by atoms with Crippen molar-refractivity contribution < 1.29 is 14.6 Å². The van der Waals surface area contributed by atoms with Gasteiger partial charge in [0.1, 0.15) is 0 Å². The summed E-state index contributed by atoms with van der Waals surface area (Å²) in [6, 6.07) is 3.20. The average Bonchev–Trinajstić information content (AvgIpc) is 3.12. The molecule has 4 aliphatic carbocycles. The quantitative estimate of drug-likeness (QED) is 0.456. The van der Waals surface area contributed by atoms with Crippen molar-refractivity contribution in [3.63, 3.8) is 0 Å². The molecule has 0 spiro atoms. The Morgan fingerprint density at radius 2 is 1.94 bits per heavy atom. The van der Waals surface area contributed by atoms with E-state index in [1.807, 2.05) is 6.92 Å². The molecule has 0 amide bonds. The second-order valence-corrected chi connectivity index (χ2v) is 12.2. The number of fused-ring (bicyclic) bond motifs is 5. The fourth-order valence-corrected chi connectivity index (χ4v) is 8.79. The summed E-state index contributed by atoms with van der Waals surface area (Å²) in [7, 11) is 0. The number of hydrogen-bond acceptors (Lipinski definition) is 3. The lowest BCUT2D eigenvalue weighted by Gasteiger charge is -2.59. The zero-order valence-corrected chi connectivity index (χ0v) is 20.0. The van der Waals surface area contributed by atoms with Crippen LogP contribution in [0.2, 0.25) is 0 Å². The van der Waals surface area contributed by atoms with E-state index < -0.39 is 11.5 Å². The van der Waals surface area contributed by atoms with E-state index in [1.165, 1.54) is 30.9 Å². The van der Waals surface area contributed by atoms with Gasteiger partial charge in [-0.1, -0.05) is 31.6 Å². The Bertz CT molecular complexity index is 880. The monoisotopic (exact) mass is 441 g/mol. The maximum Gasteiger partial charge on any atom is 0.212 e. The molecule has 3 saturated carbocycles. The van der Waals surface area contributed by atoms with Crippen LogP contribution < -0.4 is 0 Å². The van der Waals surface area contributed by atoms with Gasteiger partial charge in [-0.2, -0.15) is 4.39 Å². The zero-order valence-electron chi connectivity index (χ0n) is 20.0. The number of halogens is 1. The topological polar surface area (TPSA) is 53.4 Å². The molecule has 0 aromatic carbocycles. The number of aliphatic hydroxyl groups is 2. The minimum absolute atomic E-state index is 0.151. The van der Waals surface area contributed by atoms with Crippen molar-refractivity contribution >= 4 is 0 Å². The normalized spacial score (nSPS) is 42.9. The lowest BCUT2D eigenvalue weighted by atomic mass is 9.46. The molecule has 0 unspecified atom stereocenters. The summed E-state index contributed by atoms with van der Waals surface area (Å²) in [5.74, 6) is 1.96. The van der Waals surface area contributed by atoms with E-state index in [0.717, 1.165) is 50.0 Å². The van der Waals surface area contributed by atoms with E-state index in [9.17, 15) is 14.6 Å². The van der Waals surface area contributed by atoms with Gasteiger partial charge in [0.05, 0.1) is 11.7 Å². The number of aliphatic hydroxyl groups excluding tert-OH is 1. The smallest absolute Gasteiger partial charge is 0.212 e. The number of nitrogens with zero attached hydrogens (tertiary/aromatic N) is 1. The summed E-state index contributed by atoms with van der Waals surface area (Å²) in [5, 5.41) is 21.9. The molecule has 3 fully saturated rings. The Kier molecular flexibility index (Phi) is 5.57. The van der Waals surface area contributed by atoms with Crippen molar-refractivity contribution in [2.24, 2.45) is 34.5 Å². The molecular weight excluding hydrogens is 401 g/mol. The number of pyridine rings is 1. The third-order valence-electron chi connectivity index (χ3n) is 10.5. The molecule has 2 N–H and O–H groups in total. The molecule has 1 aromatic heterocycles. The van der Waals surface area contributed by atoms with Crippen molar-refractivity contribution in [1.29, 1.82) is 0 Å². The van der Waals surface area contributed by atoms with Gasteiger partial charge in [-0.15, -0.1) is 0 Å². The number of rotatable bonds is 4. The van der Waals surface area contributed by atoms with Crippen molar-refractivity contribution in [3.8, 4) is 0 Å². The highest BCUT2D eigenvalue weighted by atomic mass is 19.1. The first-order valence-electron chi connectivity index (χ1n) is 12.8. The van der Waals surface area contributed by atoms with E-state index in [1.54, 1.807) is 12.3 Å². The highest BCUT2D eigenvalue weighted by Gasteiger charge is 2.61. The van der Waals surface area contributed by atoms with Gasteiger partial charge in [0, 0.05) is 6.20 Å². The van der Waals surface area contributed by atoms with E-state index in [0.29, 0.717) is 24.2 Å². The van der Waals surface area contributed by atoms with Crippen LogP contribution in [0.4, 0.5) is 4.39 Å². The van der Waals surface area contributed by atoms with E-state index in [2.05, 4.69) is 24.9 Å².